The van der Waals surface area contributed by atoms with E-state index in [2.05, 4.69) is 4.98 Å². The van der Waals surface area contributed by atoms with Crippen molar-refractivity contribution in [1.29, 1.82) is 0 Å². The molecule has 0 radical (unpaired) electrons. The van der Waals surface area contributed by atoms with E-state index in [-0.39, 0.29) is 11.8 Å². The van der Waals surface area contributed by atoms with Crippen LogP contribution in [0.1, 0.15) is 35.7 Å². The molecule has 1 N–H and O–H groups in total. The second-order valence-electron chi connectivity index (χ2n) is 6.86. The van der Waals surface area contributed by atoms with Gasteiger partial charge in [0.2, 0.25) is 0 Å². The summed E-state index contributed by atoms with van der Waals surface area (Å²) in [5, 5.41) is 10.6. The molecular formula is C22H21ClN2O3. The van der Waals surface area contributed by atoms with Crippen molar-refractivity contribution in [2.45, 2.75) is 26.2 Å². The topological polar surface area (TPSA) is 62.7 Å². The van der Waals surface area contributed by atoms with Gasteiger partial charge in [-0.1, -0.05) is 17.7 Å². The molecule has 0 spiro atoms. The van der Waals surface area contributed by atoms with Crippen LogP contribution in [0.25, 0.3) is 5.57 Å². The van der Waals surface area contributed by atoms with Crippen LogP contribution < -0.4 is 0 Å². The summed E-state index contributed by atoms with van der Waals surface area (Å²) in [4.78, 5) is 18.1. The highest BCUT2D eigenvalue weighted by atomic mass is 35.5. The number of allylic oxidation sites excluding steroid dienone is 1. The van der Waals surface area contributed by atoms with Gasteiger partial charge in [-0.2, -0.15) is 0 Å². The van der Waals surface area contributed by atoms with Crippen molar-refractivity contribution in [3.05, 3.63) is 75.7 Å². The summed E-state index contributed by atoms with van der Waals surface area (Å²) in [6.45, 7) is 2.70. The van der Waals surface area contributed by atoms with Crippen molar-refractivity contribution < 1.29 is 14.6 Å². The maximum Gasteiger partial charge on any atom is 0.413 e. The van der Waals surface area contributed by atoms with Crippen LogP contribution in [-0.2, 0) is 17.6 Å². The minimum absolute atomic E-state index is 0.166. The van der Waals surface area contributed by atoms with Crippen molar-refractivity contribution in [1.82, 2.24) is 9.88 Å². The summed E-state index contributed by atoms with van der Waals surface area (Å²) >= 11 is 6.24. The van der Waals surface area contributed by atoms with Gasteiger partial charge in [0.05, 0.1) is 18.5 Å². The first-order valence-electron chi connectivity index (χ1n) is 9.38. The molecule has 1 aliphatic carbocycles. The number of fused-ring (bicyclic) bond motifs is 2. The van der Waals surface area contributed by atoms with Crippen molar-refractivity contribution in [3.63, 3.8) is 0 Å². The summed E-state index contributed by atoms with van der Waals surface area (Å²) in [5.41, 5.74) is 6.29. The highest BCUT2D eigenvalue weighted by Crippen LogP contribution is 2.38. The number of nitrogens with zero attached hydrogens (tertiary/aromatic N) is 2. The van der Waals surface area contributed by atoms with Gasteiger partial charge in [-0.15, -0.1) is 0 Å². The molecule has 144 valence electrons. The Bertz CT molecular complexity index is 942. The predicted molar refractivity (Wildman–Crippen MR) is 108 cm³/mol. The molecule has 6 heteroatoms. The molecule has 28 heavy (non-hydrogen) atoms. The van der Waals surface area contributed by atoms with Crippen LogP contribution >= 0.6 is 11.6 Å². The van der Waals surface area contributed by atoms with Crippen LogP contribution in [0.4, 0.5) is 4.79 Å². The first-order chi connectivity index (χ1) is 13.6. The fourth-order valence-corrected chi connectivity index (χ4v) is 3.99. The molecule has 1 amide bonds. The molecule has 5 nitrogen and oxygen atoms in total. The van der Waals surface area contributed by atoms with E-state index in [0.29, 0.717) is 24.6 Å². The maximum atomic E-state index is 12.0. The summed E-state index contributed by atoms with van der Waals surface area (Å²) in [7, 11) is 0. The fraction of sp³-hybridized carbons (Fsp3) is 0.273. The third-order valence-electron chi connectivity index (χ3n) is 5.09. The van der Waals surface area contributed by atoms with E-state index in [4.69, 9.17) is 16.3 Å². The third-order valence-corrected chi connectivity index (χ3v) is 5.33. The minimum Gasteiger partial charge on any atom is -0.506 e. The lowest BCUT2D eigenvalue weighted by Gasteiger charge is -2.24. The fourth-order valence-electron chi connectivity index (χ4n) is 3.79. The Labute approximate surface area is 168 Å². The number of pyridine rings is 1. The van der Waals surface area contributed by atoms with Gasteiger partial charge in [0, 0.05) is 23.3 Å². The van der Waals surface area contributed by atoms with E-state index < -0.39 is 0 Å². The molecule has 0 bridgehead atoms. The number of benzene rings is 1. The van der Waals surface area contributed by atoms with E-state index in [1.165, 1.54) is 6.20 Å². The molecule has 0 fully saturated rings. The monoisotopic (exact) mass is 396 g/mol. The van der Waals surface area contributed by atoms with E-state index in [9.17, 15) is 9.90 Å². The second kappa shape index (κ2) is 7.68. The number of halogens is 1. The van der Waals surface area contributed by atoms with Crippen molar-refractivity contribution in [2.75, 3.05) is 13.2 Å². The molecule has 0 saturated carbocycles. The van der Waals surface area contributed by atoms with Crippen molar-refractivity contribution >= 4 is 23.3 Å². The first-order valence-corrected chi connectivity index (χ1v) is 9.76. The number of ether oxygens (including phenoxy) is 1. The molecule has 0 unspecified atom stereocenters. The number of carbonyl (C=O) groups excluding carboxylic acids is 1. The van der Waals surface area contributed by atoms with Gasteiger partial charge in [0.1, 0.15) is 5.75 Å². The van der Waals surface area contributed by atoms with Gasteiger partial charge < -0.3 is 9.84 Å². The summed E-state index contributed by atoms with van der Waals surface area (Å²) in [6, 6.07) is 7.72. The Morgan fingerprint density at radius 1 is 1.25 bits per heavy atom. The Morgan fingerprint density at radius 2 is 2.07 bits per heavy atom. The van der Waals surface area contributed by atoms with Gasteiger partial charge in [0.15, 0.2) is 0 Å². The number of rotatable bonds is 1. The molecule has 1 aromatic heterocycles. The third kappa shape index (κ3) is 3.50. The largest absolute Gasteiger partial charge is 0.506 e. The Hall–Kier alpha value is -2.79. The Kier molecular flexibility index (Phi) is 5.09. The Balaban J connectivity index is 1.85. The molecule has 4 rings (SSSR count). The number of aromatic nitrogens is 1. The number of carbonyl (C=O) groups is 1. The maximum absolute atomic E-state index is 12.0. The number of hydrogen-bond donors (Lipinski definition) is 1. The Morgan fingerprint density at radius 3 is 2.82 bits per heavy atom. The minimum atomic E-state index is -0.334. The van der Waals surface area contributed by atoms with Gasteiger partial charge in [0.25, 0.3) is 0 Å². The van der Waals surface area contributed by atoms with Gasteiger partial charge in [-0.3, -0.25) is 9.88 Å². The van der Waals surface area contributed by atoms with Crippen LogP contribution in [0.3, 0.4) is 0 Å². The average molecular weight is 397 g/mol. The summed E-state index contributed by atoms with van der Waals surface area (Å²) in [5.74, 6) is 0.166. The smallest absolute Gasteiger partial charge is 0.413 e. The highest BCUT2D eigenvalue weighted by molar-refractivity contribution is 6.30. The van der Waals surface area contributed by atoms with Gasteiger partial charge in [-0.05, 0) is 72.7 Å². The number of hydrogen-bond acceptors (Lipinski definition) is 4. The zero-order chi connectivity index (χ0) is 19.7. The number of aryl methyl sites for hydroxylation is 2. The van der Waals surface area contributed by atoms with E-state index in [1.807, 2.05) is 24.3 Å². The number of amides is 1. The molecule has 2 heterocycles. The van der Waals surface area contributed by atoms with Crippen LogP contribution in [0, 0.1) is 0 Å². The average Bonchev–Trinajstić information content (AvgIpc) is 2.84. The predicted octanol–water partition coefficient (Wildman–Crippen LogP) is 4.72. The van der Waals surface area contributed by atoms with Crippen molar-refractivity contribution in [2.24, 2.45) is 0 Å². The molecule has 2 aliphatic rings. The SMILES string of the molecule is CCOC(=O)N1C=C/C(=C2/c3ccc(Cl)cc3CCc3cc(O)cnc32)CC1. The standard InChI is InChI=1S/C22H21ClN2O3/c1-2-28-22(27)25-9-7-14(8-10-25)20-19-6-5-17(23)11-15(19)3-4-16-12-18(26)13-24-21(16)20/h5-7,9,11-13,26H,2-4,8,10H2,1H3/b20-14+. The molecule has 0 atom stereocenters. The van der Waals surface area contributed by atoms with Gasteiger partial charge in [-0.25, -0.2) is 4.79 Å². The lowest BCUT2D eigenvalue weighted by atomic mass is 9.90. The van der Waals surface area contributed by atoms with Crippen LogP contribution in [-0.4, -0.2) is 34.2 Å². The van der Waals surface area contributed by atoms with E-state index >= 15 is 0 Å². The zero-order valence-corrected chi connectivity index (χ0v) is 16.4. The van der Waals surface area contributed by atoms with Crippen molar-refractivity contribution in [3.8, 4) is 5.75 Å². The summed E-state index contributed by atoms with van der Waals surface area (Å²) in [6.07, 6.45) is 7.16. The van der Waals surface area contributed by atoms with E-state index in [1.54, 1.807) is 24.1 Å². The summed E-state index contributed by atoms with van der Waals surface area (Å²) < 4.78 is 5.09. The molecule has 1 aromatic carbocycles. The molecule has 0 saturated heterocycles. The van der Waals surface area contributed by atoms with E-state index in [0.717, 1.165) is 46.4 Å². The van der Waals surface area contributed by atoms with Crippen LogP contribution in [0.5, 0.6) is 5.75 Å². The molecule has 1 aliphatic heterocycles. The number of aromatic hydroxyl groups is 1. The highest BCUT2D eigenvalue weighted by Gasteiger charge is 2.25. The van der Waals surface area contributed by atoms with Crippen LogP contribution in [0.15, 0.2) is 48.3 Å². The zero-order valence-electron chi connectivity index (χ0n) is 15.6. The lowest BCUT2D eigenvalue weighted by Crippen LogP contribution is -2.29. The molecule has 2 aromatic rings. The van der Waals surface area contributed by atoms with Crippen LogP contribution in [0.2, 0.25) is 5.02 Å². The first kappa shape index (κ1) is 18.6. The lowest BCUT2D eigenvalue weighted by molar-refractivity contribution is 0.122. The molecular weight excluding hydrogens is 376 g/mol. The second-order valence-corrected chi connectivity index (χ2v) is 7.30. The normalized spacial score (nSPS) is 18.3. The van der Waals surface area contributed by atoms with Gasteiger partial charge >= 0.3 is 6.09 Å². The quantitative estimate of drug-likeness (QED) is 0.757.